The Balaban J connectivity index is 2.06. The topological polar surface area (TPSA) is 58.6 Å². The molecule has 2 rings (SSSR count). The van der Waals surface area contributed by atoms with Crippen LogP contribution >= 0.6 is 11.3 Å². The highest BCUT2D eigenvalue weighted by atomic mass is 32.1. The van der Waals surface area contributed by atoms with Gasteiger partial charge in [0.05, 0.1) is 13.5 Å². The third kappa shape index (κ3) is 2.88. The molecule has 1 amide bonds. The second-order valence-corrected chi connectivity index (χ2v) is 5.05. The van der Waals surface area contributed by atoms with Crippen molar-refractivity contribution in [2.45, 2.75) is 12.5 Å². The maximum atomic E-state index is 12.0. The van der Waals surface area contributed by atoms with Crippen molar-refractivity contribution in [1.82, 2.24) is 10.2 Å². The molecule has 0 aromatic carbocycles. The van der Waals surface area contributed by atoms with Gasteiger partial charge in [0.25, 0.3) is 0 Å². The molecule has 98 valence electrons. The van der Waals surface area contributed by atoms with Crippen LogP contribution in [0.5, 0.6) is 0 Å². The summed E-state index contributed by atoms with van der Waals surface area (Å²) in [6.45, 7) is 1.93. The summed E-state index contributed by atoms with van der Waals surface area (Å²) in [5.41, 5.74) is 0. The number of nitrogens with one attached hydrogen (secondary N) is 1. The summed E-state index contributed by atoms with van der Waals surface area (Å²) in [7, 11) is 1.38. The number of ether oxygens (including phenoxy) is 1. The molecule has 0 aliphatic carbocycles. The maximum Gasteiger partial charge on any atom is 0.306 e. The van der Waals surface area contributed by atoms with Crippen LogP contribution < -0.4 is 5.32 Å². The van der Waals surface area contributed by atoms with Gasteiger partial charge in [0, 0.05) is 24.5 Å². The number of rotatable bonds is 4. The molecule has 1 saturated heterocycles. The number of nitrogens with zero attached hydrogens (tertiary/aromatic N) is 1. The van der Waals surface area contributed by atoms with Gasteiger partial charge >= 0.3 is 5.97 Å². The van der Waals surface area contributed by atoms with E-state index < -0.39 is 0 Å². The van der Waals surface area contributed by atoms with E-state index >= 15 is 0 Å². The summed E-state index contributed by atoms with van der Waals surface area (Å²) >= 11 is 1.56. The first kappa shape index (κ1) is 13.0. The van der Waals surface area contributed by atoms with E-state index in [1.807, 2.05) is 22.4 Å². The van der Waals surface area contributed by atoms with Crippen LogP contribution in [0.2, 0.25) is 0 Å². The molecule has 0 spiro atoms. The quantitative estimate of drug-likeness (QED) is 0.820. The molecular weight excluding hydrogens is 252 g/mol. The zero-order valence-corrected chi connectivity index (χ0v) is 11.0. The Morgan fingerprint density at radius 3 is 3.17 bits per heavy atom. The molecule has 1 aromatic heterocycles. The first-order valence-electron chi connectivity index (χ1n) is 5.84. The van der Waals surface area contributed by atoms with Crippen LogP contribution in [-0.4, -0.2) is 43.5 Å². The van der Waals surface area contributed by atoms with E-state index in [1.165, 1.54) is 7.11 Å². The number of methoxy groups -OCH3 is 1. The van der Waals surface area contributed by atoms with Gasteiger partial charge < -0.3 is 10.1 Å². The van der Waals surface area contributed by atoms with Crippen LogP contribution in [0.3, 0.4) is 0 Å². The average Bonchev–Trinajstić information content (AvgIpc) is 2.89. The normalized spacial score (nSPS) is 20.5. The molecule has 1 atom stereocenters. The largest absolute Gasteiger partial charge is 0.469 e. The summed E-state index contributed by atoms with van der Waals surface area (Å²) in [6.07, 6.45) is 0.311. The summed E-state index contributed by atoms with van der Waals surface area (Å²) in [5.74, 6) is -0.237. The van der Waals surface area contributed by atoms with Crippen molar-refractivity contribution >= 4 is 23.2 Å². The van der Waals surface area contributed by atoms with Crippen LogP contribution in [-0.2, 0) is 14.3 Å². The minimum absolute atomic E-state index is 0.00793. The van der Waals surface area contributed by atoms with Crippen molar-refractivity contribution in [2.75, 3.05) is 26.7 Å². The lowest BCUT2D eigenvalue weighted by atomic mass is 10.1. The number of carbonyl (C=O) groups is 2. The molecule has 1 aromatic rings. The van der Waals surface area contributed by atoms with Crippen LogP contribution in [0.25, 0.3) is 0 Å². The van der Waals surface area contributed by atoms with Gasteiger partial charge in [-0.15, -0.1) is 11.3 Å². The van der Waals surface area contributed by atoms with Crippen molar-refractivity contribution in [2.24, 2.45) is 0 Å². The minimum Gasteiger partial charge on any atom is -0.469 e. The summed E-state index contributed by atoms with van der Waals surface area (Å²) in [6, 6.07) is 3.61. The van der Waals surface area contributed by atoms with E-state index in [0.717, 1.165) is 11.4 Å². The van der Waals surface area contributed by atoms with Crippen molar-refractivity contribution in [1.29, 1.82) is 0 Å². The first-order chi connectivity index (χ1) is 8.72. The Hall–Kier alpha value is -1.40. The van der Waals surface area contributed by atoms with Gasteiger partial charge in [-0.2, -0.15) is 0 Å². The van der Waals surface area contributed by atoms with Crippen LogP contribution in [0.4, 0.5) is 0 Å². The summed E-state index contributed by atoms with van der Waals surface area (Å²) in [5, 5.41) is 4.82. The second-order valence-electron chi connectivity index (χ2n) is 4.07. The molecule has 1 unspecified atom stereocenters. The standard InChI is InChI=1S/C12H16N2O3S/c1-17-10(15)4-6-14-7-5-13-12(16)11(14)9-3-2-8-18-9/h2-3,8,11H,4-7H2,1H3,(H,13,16). The molecular formula is C12H16N2O3S. The zero-order valence-electron chi connectivity index (χ0n) is 10.2. The molecule has 1 fully saturated rings. The van der Waals surface area contributed by atoms with Gasteiger partial charge in [-0.3, -0.25) is 14.5 Å². The first-order valence-corrected chi connectivity index (χ1v) is 6.72. The predicted octanol–water partition coefficient (Wildman–Crippen LogP) is 0.784. The lowest BCUT2D eigenvalue weighted by molar-refractivity contribution is -0.142. The lowest BCUT2D eigenvalue weighted by Gasteiger charge is -2.34. The fourth-order valence-corrected chi connectivity index (χ4v) is 2.90. The van der Waals surface area contributed by atoms with E-state index in [4.69, 9.17) is 0 Å². The van der Waals surface area contributed by atoms with Gasteiger partial charge in [-0.05, 0) is 11.4 Å². The number of esters is 1. The third-order valence-electron chi connectivity index (χ3n) is 2.96. The van der Waals surface area contributed by atoms with E-state index in [-0.39, 0.29) is 17.9 Å². The highest BCUT2D eigenvalue weighted by Gasteiger charge is 2.31. The Bertz CT molecular complexity index is 419. The van der Waals surface area contributed by atoms with Gasteiger partial charge in [-0.1, -0.05) is 6.07 Å². The average molecular weight is 268 g/mol. The van der Waals surface area contributed by atoms with Crippen molar-refractivity contribution in [3.8, 4) is 0 Å². The Kier molecular flexibility index (Phi) is 4.33. The van der Waals surface area contributed by atoms with E-state index in [1.54, 1.807) is 11.3 Å². The molecule has 0 saturated carbocycles. The number of hydrogen-bond acceptors (Lipinski definition) is 5. The number of amides is 1. The SMILES string of the molecule is COC(=O)CCN1CCNC(=O)C1c1cccs1. The number of carbonyl (C=O) groups excluding carboxylic acids is 2. The monoisotopic (exact) mass is 268 g/mol. The highest BCUT2D eigenvalue weighted by Crippen LogP contribution is 2.27. The Morgan fingerprint density at radius 2 is 2.50 bits per heavy atom. The summed E-state index contributed by atoms with van der Waals surface area (Å²) < 4.78 is 4.63. The highest BCUT2D eigenvalue weighted by molar-refractivity contribution is 7.10. The number of thiophene rings is 1. The Morgan fingerprint density at radius 1 is 1.67 bits per heavy atom. The number of hydrogen-bond donors (Lipinski definition) is 1. The van der Waals surface area contributed by atoms with Crippen molar-refractivity contribution in [3.63, 3.8) is 0 Å². The van der Waals surface area contributed by atoms with Crippen molar-refractivity contribution in [3.05, 3.63) is 22.4 Å². The predicted molar refractivity (Wildman–Crippen MR) is 68.3 cm³/mol. The maximum absolute atomic E-state index is 12.0. The van der Waals surface area contributed by atoms with Gasteiger partial charge in [-0.25, -0.2) is 0 Å². The van der Waals surface area contributed by atoms with E-state index in [9.17, 15) is 9.59 Å². The Labute approximate surface area is 110 Å². The molecule has 6 heteroatoms. The van der Waals surface area contributed by atoms with Crippen LogP contribution in [0.15, 0.2) is 17.5 Å². The molecule has 5 nitrogen and oxygen atoms in total. The molecule has 18 heavy (non-hydrogen) atoms. The van der Waals surface area contributed by atoms with Gasteiger partial charge in [0.2, 0.25) is 5.91 Å². The molecule has 1 aliphatic heterocycles. The number of piperazine rings is 1. The fourth-order valence-electron chi connectivity index (χ4n) is 2.05. The second kappa shape index (κ2) is 5.97. The van der Waals surface area contributed by atoms with E-state index in [0.29, 0.717) is 19.5 Å². The van der Waals surface area contributed by atoms with Gasteiger partial charge in [0.1, 0.15) is 6.04 Å². The van der Waals surface area contributed by atoms with Gasteiger partial charge in [0.15, 0.2) is 0 Å². The lowest BCUT2D eigenvalue weighted by Crippen LogP contribution is -2.50. The molecule has 1 N–H and O–H groups in total. The molecule has 2 heterocycles. The fraction of sp³-hybridized carbons (Fsp3) is 0.500. The smallest absolute Gasteiger partial charge is 0.306 e. The molecule has 1 aliphatic rings. The van der Waals surface area contributed by atoms with Crippen LogP contribution in [0, 0.1) is 0 Å². The third-order valence-corrected chi connectivity index (χ3v) is 3.88. The van der Waals surface area contributed by atoms with Crippen molar-refractivity contribution < 1.29 is 14.3 Å². The molecule has 0 radical (unpaired) electrons. The summed E-state index contributed by atoms with van der Waals surface area (Å²) in [4.78, 5) is 26.2. The van der Waals surface area contributed by atoms with Crippen LogP contribution in [0.1, 0.15) is 17.3 Å². The minimum atomic E-state index is -0.275. The molecule has 0 bridgehead atoms. The zero-order chi connectivity index (χ0) is 13.0. The van der Waals surface area contributed by atoms with E-state index in [2.05, 4.69) is 10.1 Å².